The van der Waals surface area contributed by atoms with Crippen LogP contribution in [0.3, 0.4) is 0 Å². The molecule has 5 nitrogen and oxygen atoms in total. The zero-order chi connectivity index (χ0) is 18.7. The molecule has 3 rings (SSSR count). The van der Waals surface area contributed by atoms with E-state index in [9.17, 15) is 9.18 Å². The van der Waals surface area contributed by atoms with Crippen molar-refractivity contribution in [3.05, 3.63) is 71.9 Å². The first-order valence-electron chi connectivity index (χ1n) is 8.30. The first kappa shape index (κ1) is 17.8. The summed E-state index contributed by atoms with van der Waals surface area (Å²) in [5.74, 6) is 0.0698. The summed E-state index contributed by atoms with van der Waals surface area (Å²) in [7, 11) is 0. The summed E-state index contributed by atoms with van der Waals surface area (Å²) in [6, 6.07) is 14.3. The van der Waals surface area contributed by atoms with E-state index in [-0.39, 0.29) is 11.3 Å². The fourth-order valence-electron chi connectivity index (χ4n) is 2.52. The molecule has 0 radical (unpaired) electrons. The predicted octanol–water partition coefficient (Wildman–Crippen LogP) is 4.39. The van der Waals surface area contributed by atoms with Gasteiger partial charge in [0.25, 0.3) is 5.91 Å². The topological polar surface area (TPSA) is 68.0 Å². The highest BCUT2D eigenvalue weighted by molar-refractivity contribution is 5.94. The van der Waals surface area contributed by atoms with Gasteiger partial charge in [-0.1, -0.05) is 56.3 Å². The molecule has 1 N–H and O–H groups in total. The van der Waals surface area contributed by atoms with Crippen molar-refractivity contribution < 1.29 is 13.7 Å². The van der Waals surface area contributed by atoms with Gasteiger partial charge in [-0.25, -0.2) is 4.39 Å². The van der Waals surface area contributed by atoms with Crippen molar-refractivity contribution in [3.63, 3.8) is 0 Å². The van der Waals surface area contributed by atoms with Crippen molar-refractivity contribution in [1.82, 2.24) is 15.5 Å². The Hall–Kier alpha value is -3.02. The molecule has 3 aromatic rings. The molecule has 0 aliphatic rings. The summed E-state index contributed by atoms with van der Waals surface area (Å²) in [6.45, 7) is 5.90. The van der Waals surface area contributed by atoms with Crippen molar-refractivity contribution in [1.29, 1.82) is 0 Å². The molecular formula is C20H20FN3O2. The second-order valence-corrected chi connectivity index (χ2v) is 7.10. The molecule has 0 saturated carbocycles. The van der Waals surface area contributed by atoms with Crippen LogP contribution in [0, 0.1) is 11.2 Å². The number of benzene rings is 2. The molecule has 2 aromatic carbocycles. The molecule has 0 bridgehead atoms. The lowest BCUT2D eigenvalue weighted by Crippen LogP contribution is -2.36. The van der Waals surface area contributed by atoms with E-state index in [2.05, 4.69) is 15.5 Å². The number of rotatable bonds is 4. The van der Waals surface area contributed by atoms with Gasteiger partial charge in [-0.15, -0.1) is 0 Å². The molecule has 0 fully saturated rings. The summed E-state index contributed by atoms with van der Waals surface area (Å²) in [4.78, 5) is 17.0. The van der Waals surface area contributed by atoms with E-state index in [1.165, 1.54) is 24.3 Å². The van der Waals surface area contributed by atoms with Crippen molar-refractivity contribution in [3.8, 4) is 11.4 Å². The van der Waals surface area contributed by atoms with Gasteiger partial charge in [0.2, 0.25) is 11.7 Å². The van der Waals surface area contributed by atoms with Crippen LogP contribution in [0.2, 0.25) is 0 Å². The van der Waals surface area contributed by atoms with Crippen molar-refractivity contribution in [2.24, 2.45) is 5.41 Å². The smallest absolute Gasteiger partial charge is 0.251 e. The Balaban J connectivity index is 1.86. The summed E-state index contributed by atoms with van der Waals surface area (Å²) in [6.07, 6.45) is 0. The van der Waals surface area contributed by atoms with Crippen LogP contribution in [-0.2, 0) is 0 Å². The van der Waals surface area contributed by atoms with Crippen LogP contribution < -0.4 is 5.32 Å². The minimum absolute atomic E-state index is 0.326. The van der Waals surface area contributed by atoms with Gasteiger partial charge in [0.05, 0.1) is 0 Å². The van der Waals surface area contributed by atoms with Gasteiger partial charge in [-0.3, -0.25) is 4.79 Å². The van der Waals surface area contributed by atoms with Gasteiger partial charge in [0.15, 0.2) is 0 Å². The maximum absolute atomic E-state index is 13.1. The minimum Gasteiger partial charge on any atom is -0.340 e. The number of hydrogen-bond acceptors (Lipinski definition) is 4. The second kappa shape index (κ2) is 7.07. The van der Waals surface area contributed by atoms with E-state index in [1.807, 2.05) is 51.1 Å². The fourth-order valence-corrected chi connectivity index (χ4v) is 2.52. The van der Waals surface area contributed by atoms with Crippen LogP contribution in [0.25, 0.3) is 11.4 Å². The third-order valence-corrected chi connectivity index (χ3v) is 3.97. The number of halogens is 1. The average molecular weight is 353 g/mol. The molecule has 0 spiro atoms. The average Bonchev–Trinajstić information content (AvgIpc) is 3.09. The Morgan fingerprint density at radius 2 is 1.73 bits per heavy atom. The fraction of sp³-hybridized carbons (Fsp3) is 0.250. The number of hydrogen-bond donors (Lipinski definition) is 1. The third-order valence-electron chi connectivity index (χ3n) is 3.97. The molecular weight excluding hydrogens is 333 g/mol. The number of amides is 1. The Morgan fingerprint density at radius 1 is 1.08 bits per heavy atom. The van der Waals surface area contributed by atoms with Crippen molar-refractivity contribution >= 4 is 5.91 Å². The molecule has 0 unspecified atom stereocenters. The first-order valence-corrected chi connectivity index (χ1v) is 8.30. The van der Waals surface area contributed by atoms with Gasteiger partial charge in [0.1, 0.15) is 11.9 Å². The molecule has 0 aliphatic carbocycles. The van der Waals surface area contributed by atoms with Crippen LogP contribution in [0.1, 0.15) is 43.1 Å². The molecule has 1 heterocycles. The third kappa shape index (κ3) is 3.96. The molecule has 1 aromatic heterocycles. The Kier molecular flexibility index (Phi) is 4.84. The first-order chi connectivity index (χ1) is 12.3. The molecule has 1 amide bonds. The van der Waals surface area contributed by atoms with E-state index < -0.39 is 11.9 Å². The summed E-state index contributed by atoms with van der Waals surface area (Å²) < 4.78 is 18.5. The molecule has 26 heavy (non-hydrogen) atoms. The minimum atomic E-state index is -0.495. The SMILES string of the molecule is CC(C)(C)[C@@H](NC(=O)c1ccc(F)cc1)c1nc(-c2ccccc2)no1. The number of carbonyl (C=O) groups is 1. The Labute approximate surface area is 151 Å². The highest BCUT2D eigenvalue weighted by Gasteiger charge is 2.33. The second-order valence-electron chi connectivity index (χ2n) is 7.10. The standard InChI is InChI=1S/C20H20FN3O2/c1-20(2,3)16(22-18(25)14-9-11-15(21)12-10-14)19-23-17(24-26-19)13-7-5-4-6-8-13/h4-12,16H,1-3H3,(H,22,25)/t16-/m0/s1. The van der Waals surface area contributed by atoms with Crippen LogP contribution in [0.5, 0.6) is 0 Å². The van der Waals surface area contributed by atoms with Crippen LogP contribution >= 0.6 is 0 Å². The normalized spacial score (nSPS) is 12.6. The van der Waals surface area contributed by atoms with E-state index in [0.717, 1.165) is 5.56 Å². The van der Waals surface area contributed by atoms with Crippen LogP contribution in [0.4, 0.5) is 4.39 Å². The Morgan fingerprint density at radius 3 is 2.35 bits per heavy atom. The largest absolute Gasteiger partial charge is 0.340 e. The van der Waals surface area contributed by atoms with Gasteiger partial charge in [0, 0.05) is 11.1 Å². The summed E-state index contributed by atoms with van der Waals surface area (Å²) in [5.41, 5.74) is 0.833. The monoisotopic (exact) mass is 353 g/mol. The molecule has 6 heteroatoms. The quantitative estimate of drug-likeness (QED) is 0.755. The number of nitrogens with zero attached hydrogens (tertiary/aromatic N) is 2. The van der Waals surface area contributed by atoms with Gasteiger partial charge >= 0.3 is 0 Å². The van der Waals surface area contributed by atoms with Crippen molar-refractivity contribution in [2.45, 2.75) is 26.8 Å². The highest BCUT2D eigenvalue weighted by Crippen LogP contribution is 2.33. The van der Waals surface area contributed by atoms with E-state index in [0.29, 0.717) is 17.3 Å². The maximum atomic E-state index is 13.1. The zero-order valence-electron chi connectivity index (χ0n) is 14.9. The van der Waals surface area contributed by atoms with E-state index >= 15 is 0 Å². The summed E-state index contributed by atoms with van der Waals surface area (Å²) in [5, 5.41) is 6.94. The zero-order valence-corrected chi connectivity index (χ0v) is 14.9. The van der Waals surface area contributed by atoms with Crippen LogP contribution in [0.15, 0.2) is 59.1 Å². The number of nitrogens with one attached hydrogen (secondary N) is 1. The highest BCUT2D eigenvalue weighted by atomic mass is 19.1. The van der Waals surface area contributed by atoms with E-state index in [4.69, 9.17) is 4.52 Å². The van der Waals surface area contributed by atoms with Gasteiger partial charge in [-0.2, -0.15) is 4.98 Å². The lowest BCUT2D eigenvalue weighted by Gasteiger charge is -2.28. The molecule has 134 valence electrons. The Bertz CT molecular complexity index is 883. The van der Waals surface area contributed by atoms with Crippen molar-refractivity contribution in [2.75, 3.05) is 0 Å². The molecule has 0 saturated heterocycles. The van der Waals surface area contributed by atoms with Crippen LogP contribution in [-0.4, -0.2) is 16.0 Å². The number of aromatic nitrogens is 2. The van der Waals surface area contributed by atoms with E-state index in [1.54, 1.807) is 0 Å². The molecule has 1 atom stereocenters. The van der Waals surface area contributed by atoms with Gasteiger partial charge < -0.3 is 9.84 Å². The predicted molar refractivity (Wildman–Crippen MR) is 95.8 cm³/mol. The summed E-state index contributed by atoms with van der Waals surface area (Å²) >= 11 is 0. The maximum Gasteiger partial charge on any atom is 0.251 e. The lowest BCUT2D eigenvalue weighted by molar-refractivity contribution is 0.0880. The number of carbonyl (C=O) groups excluding carboxylic acids is 1. The van der Waals surface area contributed by atoms with Gasteiger partial charge in [-0.05, 0) is 29.7 Å². The molecule has 0 aliphatic heterocycles. The lowest BCUT2D eigenvalue weighted by atomic mass is 9.86.